The van der Waals surface area contributed by atoms with Crippen LogP contribution in [0.15, 0.2) is 43.1 Å². The molecule has 2 saturated heterocycles. The number of carbonyl (C=O) groups is 3. The van der Waals surface area contributed by atoms with Gasteiger partial charge in [-0.3, -0.25) is 19.0 Å². The minimum Gasteiger partial charge on any atom is -0.443 e. The van der Waals surface area contributed by atoms with Gasteiger partial charge < -0.3 is 40.4 Å². The normalized spacial score (nSPS) is 26.5. The molecule has 3 amide bonds. The second-order valence-corrected chi connectivity index (χ2v) is 21.3. The van der Waals surface area contributed by atoms with E-state index in [0.29, 0.717) is 85.2 Å². The van der Waals surface area contributed by atoms with Crippen molar-refractivity contribution in [2.45, 2.75) is 113 Å². The lowest BCUT2D eigenvalue weighted by molar-refractivity contribution is -0.641. The summed E-state index contributed by atoms with van der Waals surface area (Å²) < 4.78 is 56.6. The van der Waals surface area contributed by atoms with Crippen molar-refractivity contribution in [3.63, 3.8) is 0 Å². The number of hydrogen-bond acceptors (Lipinski definition) is 15. The molecule has 7 aromatic heterocycles. The lowest BCUT2D eigenvalue weighted by atomic mass is 9.50. The molecule has 7 fully saturated rings. The standard InChI is InChI=1S/C49H56F2N18O6/c1-24-37(28-20-55-65(4)25(28)2)42-53-11-14-67(42)45(56-24)59-36-16-30(40-39(51)34(23-73-40)75-46(71)60-48(3)7-8-48)64-69(36)32-21-54-44(68-22-31(57-41(32)68)43(70)66-12-9-52-10-13-66)58-35-15-29(62-63-35)27-5-6-33(38(27)50)74-47(72)61-49-17-26(18-49)19-49/h11,14-16,20-22,26-27,33-34,38-40,52H,5-10,12-13,17-19,23H2,1-4H3,(H5,53,54,56,57,58,59,60,61,62,63,64,71,72)/p+1/t26?,27-,33-,34+,38+,39+,40+,49?/m0/s1. The SMILES string of the molecule is Cc1nc(Nc2cc([C@H]3OC[C@@H](OC(=O)NC4(C)CC4)[C@H]3F)[nH][n+]2-c2cnc(Nc3cc([C@@H]4CC[C@H](OC(=O)NC56CC(C5)C6)[C@@H]4F)[nH]n3)n3cc(C(=O)N4CCNCC4)nc23)n2ccnc2c1-c1cnn(C)c1C. The molecular formula is C49H57F2N18O6+. The molecule has 392 valence electrons. The van der Waals surface area contributed by atoms with E-state index in [1.54, 1.807) is 60.0 Å². The Labute approximate surface area is 426 Å². The Morgan fingerprint density at radius 2 is 1.68 bits per heavy atom. The van der Waals surface area contributed by atoms with Crippen LogP contribution in [0.25, 0.3) is 28.1 Å². The zero-order chi connectivity index (χ0) is 51.5. The molecule has 9 heterocycles. The predicted octanol–water partition coefficient (Wildman–Crippen LogP) is 4.57. The third kappa shape index (κ3) is 8.33. The summed E-state index contributed by atoms with van der Waals surface area (Å²) in [5, 5.41) is 31.0. The highest BCUT2D eigenvalue weighted by atomic mass is 19.1. The molecule has 6 atom stereocenters. The fourth-order valence-electron chi connectivity index (χ4n) is 11.3. The average molecular weight is 1030 g/mol. The number of nitrogens with one attached hydrogen (secondary N) is 7. The van der Waals surface area contributed by atoms with Gasteiger partial charge in [-0.05, 0) is 71.6 Å². The van der Waals surface area contributed by atoms with E-state index in [-0.39, 0.29) is 46.6 Å². The summed E-state index contributed by atoms with van der Waals surface area (Å²) in [6, 6.07) is 3.36. The largest absolute Gasteiger partial charge is 0.443 e. The van der Waals surface area contributed by atoms with Crippen LogP contribution in [0.1, 0.15) is 97.2 Å². The summed E-state index contributed by atoms with van der Waals surface area (Å²) in [6.07, 6.45) is 5.81. The van der Waals surface area contributed by atoms with Gasteiger partial charge in [-0.1, -0.05) is 0 Å². The Hall–Kier alpha value is -7.74. The third-order valence-electron chi connectivity index (χ3n) is 16.0. The molecule has 75 heavy (non-hydrogen) atoms. The molecule has 24 nitrogen and oxygen atoms in total. The van der Waals surface area contributed by atoms with Gasteiger partial charge in [0.1, 0.15) is 24.1 Å². The van der Waals surface area contributed by atoms with Crippen molar-refractivity contribution in [2.24, 2.45) is 13.0 Å². The van der Waals surface area contributed by atoms with E-state index in [1.165, 1.54) is 6.20 Å². The van der Waals surface area contributed by atoms with Crippen LogP contribution in [-0.4, -0.2) is 145 Å². The second-order valence-electron chi connectivity index (χ2n) is 21.3. The summed E-state index contributed by atoms with van der Waals surface area (Å²) in [6.45, 7) is 7.75. The van der Waals surface area contributed by atoms with E-state index >= 15 is 8.78 Å². The van der Waals surface area contributed by atoms with Crippen molar-refractivity contribution in [3.8, 4) is 16.8 Å². The van der Waals surface area contributed by atoms with Crippen molar-refractivity contribution in [1.29, 1.82) is 0 Å². The number of amides is 3. The van der Waals surface area contributed by atoms with Crippen LogP contribution in [0.5, 0.6) is 0 Å². The van der Waals surface area contributed by atoms with Crippen LogP contribution in [-0.2, 0) is 21.3 Å². The first-order chi connectivity index (χ1) is 36.2. The van der Waals surface area contributed by atoms with Crippen molar-refractivity contribution in [2.75, 3.05) is 43.4 Å². The van der Waals surface area contributed by atoms with Crippen LogP contribution in [0.4, 0.5) is 41.9 Å². The van der Waals surface area contributed by atoms with Gasteiger partial charge in [0.15, 0.2) is 29.4 Å². The topological polar surface area (TPSA) is 269 Å². The number of aromatic nitrogens is 12. The van der Waals surface area contributed by atoms with E-state index in [2.05, 4.69) is 47.0 Å². The average Bonchev–Trinajstić information content (AvgIpc) is 4.19. The predicted molar refractivity (Wildman–Crippen MR) is 262 cm³/mol. The van der Waals surface area contributed by atoms with E-state index < -0.39 is 48.8 Å². The zero-order valence-corrected chi connectivity index (χ0v) is 41.7. The summed E-state index contributed by atoms with van der Waals surface area (Å²) in [5.41, 5.74) is 4.83. The number of alkyl carbamates (subject to hydrolysis) is 2. The van der Waals surface area contributed by atoms with Gasteiger partial charge in [0.25, 0.3) is 5.91 Å². The maximum atomic E-state index is 16.6. The highest BCUT2D eigenvalue weighted by Crippen LogP contribution is 2.57. The third-order valence-corrected chi connectivity index (χ3v) is 16.0. The number of hydrogen-bond donors (Lipinski definition) is 7. The Balaban J connectivity index is 0.849. The number of ether oxygens (including phenoxy) is 3. The van der Waals surface area contributed by atoms with Crippen molar-refractivity contribution < 1.29 is 42.1 Å². The second kappa shape index (κ2) is 17.7. The molecule has 0 unspecified atom stereocenters. The van der Waals surface area contributed by atoms with Crippen molar-refractivity contribution in [3.05, 3.63) is 71.6 Å². The van der Waals surface area contributed by atoms with Gasteiger partial charge in [-0.15, -0.1) is 4.68 Å². The molecule has 26 heteroatoms. The van der Waals surface area contributed by atoms with Gasteiger partial charge in [0.2, 0.25) is 11.6 Å². The molecule has 0 spiro atoms. The van der Waals surface area contributed by atoms with Crippen LogP contribution in [0.3, 0.4) is 0 Å². The summed E-state index contributed by atoms with van der Waals surface area (Å²) >= 11 is 0. The molecule has 7 N–H and O–H groups in total. The number of H-pyrrole nitrogens is 2. The van der Waals surface area contributed by atoms with Crippen molar-refractivity contribution in [1.82, 2.24) is 74.7 Å². The zero-order valence-electron chi connectivity index (χ0n) is 41.7. The number of fused-ring (bicyclic) bond motifs is 2. The first kappa shape index (κ1) is 47.0. The van der Waals surface area contributed by atoms with E-state index in [9.17, 15) is 14.4 Å². The minimum absolute atomic E-state index is 0.133. The maximum absolute atomic E-state index is 16.6. The highest BCUT2D eigenvalue weighted by molar-refractivity contribution is 5.93. The molecule has 14 rings (SSSR count). The summed E-state index contributed by atoms with van der Waals surface area (Å²) in [7, 11) is 1.87. The van der Waals surface area contributed by atoms with E-state index in [1.807, 2.05) is 27.8 Å². The van der Waals surface area contributed by atoms with Gasteiger partial charge in [-0.2, -0.15) is 15.2 Å². The van der Waals surface area contributed by atoms with E-state index in [4.69, 9.17) is 34.1 Å². The number of halogens is 2. The Bertz CT molecular complexity index is 3390. The lowest BCUT2D eigenvalue weighted by Gasteiger charge is -2.61. The number of aryl methyl sites for hydroxylation is 2. The van der Waals surface area contributed by atoms with Crippen LogP contribution >= 0.6 is 0 Å². The molecule has 2 aliphatic heterocycles. The molecule has 7 aromatic rings. The monoisotopic (exact) mass is 1030 g/mol. The minimum atomic E-state index is -1.76. The first-order valence-electron chi connectivity index (χ1n) is 25.5. The number of anilines is 4. The molecule has 0 radical (unpaired) electrons. The fourth-order valence-corrected chi connectivity index (χ4v) is 11.3. The molecule has 5 aliphatic carbocycles. The van der Waals surface area contributed by atoms with Crippen LogP contribution < -0.4 is 31.3 Å². The smallest absolute Gasteiger partial charge is 0.408 e. The van der Waals surface area contributed by atoms with Gasteiger partial charge >= 0.3 is 24.0 Å². The Morgan fingerprint density at radius 1 is 0.893 bits per heavy atom. The maximum Gasteiger partial charge on any atom is 0.408 e. The van der Waals surface area contributed by atoms with Crippen LogP contribution in [0.2, 0.25) is 0 Å². The Kier molecular flexibility index (Phi) is 11.1. The molecule has 7 aliphatic rings. The Morgan fingerprint density at radius 3 is 2.43 bits per heavy atom. The number of nitrogens with zero attached hydrogens (tertiary/aromatic N) is 11. The molecule has 0 aromatic carbocycles. The molecular weight excluding hydrogens is 975 g/mol. The number of aromatic amines is 2. The molecule has 2 bridgehead atoms. The summed E-state index contributed by atoms with van der Waals surface area (Å²) in [4.78, 5) is 61.0. The number of alkyl halides is 2. The quantitative estimate of drug-likeness (QED) is 0.0780. The lowest BCUT2D eigenvalue weighted by Crippen LogP contribution is -2.68. The number of imidazole rings is 2. The fraction of sp³-hybridized carbons (Fsp3) is 0.510. The summed E-state index contributed by atoms with van der Waals surface area (Å²) in [5.74, 6) is 1.00. The highest BCUT2D eigenvalue weighted by Gasteiger charge is 2.58. The number of rotatable bonds is 13. The van der Waals surface area contributed by atoms with Gasteiger partial charge in [-0.25, -0.2) is 48.1 Å². The van der Waals surface area contributed by atoms with Gasteiger partial charge in [0.05, 0.1) is 42.0 Å². The first-order valence-corrected chi connectivity index (χ1v) is 25.5. The molecule has 5 saturated carbocycles. The number of piperazine rings is 1. The van der Waals surface area contributed by atoms with Gasteiger partial charge in [0, 0.05) is 91.8 Å². The van der Waals surface area contributed by atoms with E-state index in [0.717, 1.165) is 48.9 Å². The van der Waals surface area contributed by atoms with Crippen molar-refractivity contribution >= 4 is 52.9 Å². The number of carbonyl (C=O) groups excluding carboxylic acids is 3. The van der Waals surface area contributed by atoms with Crippen LogP contribution in [0, 0.1) is 19.8 Å².